The first-order chi connectivity index (χ1) is 13.6. The fraction of sp³-hybridized carbons (Fsp3) is 0.250. The van der Waals surface area contributed by atoms with Crippen molar-refractivity contribution >= 4 is 35.1 Å². The summed E-state index contributed by atoms with van der Waals surface area (Å²) in [7, 11) is 0. The Bertz CT molecular complexity index is 985. The van der Waals surface area contributed by atoms with Crippen molar-refractivity contribution in [1.82, 2.24) is 14.8 Å². The molecule has 0 aliphatic carbocycles. The molecule has 0 unspecified atom stereocenters. The zero-order chi connectivity index (χ0) is 19.9. The summed E-state index contributed by atoms with van der Waals surface area (Å²) in [4.78, 5) is 26.6. The van der Waals surface area contributed by atoms with Crippen LogP contribution in [0.15, 0.2) is 74.3 Å². The number of nitrogens with one attached hydrogen (secondary N) is 2. The molecule has 0 spiro atoms. The normalized spacial score (nSPS) is 11.9. The maximum atomic E-state index is 12.7. The molecule has 0 saturated carbocycles. The lowest BCUT2D eigenvalue weighted by molar-refractivity contribution is -0.115. The molecule has 3 aromatic rings. The largest absolute Gasteiger partial charge is 0.343 e. The van der Waals surface area contributed by atoms with Gasteiger partial charge in [-0.05, 0) is 37.6 Å². The maximum Gasteiger partial charge on any atom is 0.343 e. The number of H-pyrrole nitrogens is 1. The van der Waals surface area contributed by atoms with Crippen LogP contribution in [0, 0.1) is 0 Å². The van der Waals surface area contributed by atoms with E-state index in [9.17, 15) is 9.59 Å². The highest BCUT2D eigenvalue weighted by molar-refractivity contribution is 8.00. The van der Waals surface area contributed by atoms with E-state index in [2.05, 4.69) is 15.5 Å². The number of rotatable bonds is 8. The molecule has 1 heterocycles. The quantitative estimate of drug-likeness (QED) is 0.539. The van der Waals surface area contributed by atoms with E-state index in [0.29, 0.717) is 11.7 Å². The number of thioether (sulfide) groups is 1. The molecule has 0 aliphatic rings. The van der Waals surface area contributed by atoms with Crippen LogP contribution in [0.2, 0.25) is 0 Å². The number of hydrogen-bond donors (Lipinski definition) is 2. The second kappa shape index (κ2) is 9.66. The third-order valence-electron chi connectivity index (χ3n) is 3.94. The van der Waals surface area contributed by atoms with Crippen LogP contribution in [0.3, 0.4) is 0 Å². The van der Waals surface area contributed by atoms with Gasteiger partial charge < -0.3 is 5.32 Å². The summed E-state index contributed by atoms with van der Waals surface area (Å²) < 4.78 is 1.56. The van der Waals surface area contributed by atoms with Gasteiger partial charge in [0, 0.05) is 16.3 Å². The summed E-state index contributed by atoms with van der Waals surface area (Å²) in [5.41, 5.74) is 0.517. The van der Waals surface area contributed by atoms with Gasteiger partial charge in [0.15, 0.2) is 5.16 Å². The molecular formula is C20H22N4O2S2. The number of nitrogens with zero attached hydrogens (tertiary/aromatic N) is 2. The van der Waals surface area contributed by atoms with E-state index in [1.165, 1.54) is 11.8 Å². The first kappa shape index (κ1) is 20.3. The lowest BCUT2D eigenvalue weighted by atomic mass is 10.3. The lowest BCUT2D eigenvalue weighted by Gasteiger charge is -2.14. The van der Waals surface area contributed by atoms with Crippen LogP contribution >= 0.6 is 23.5 Å². The molecule has 0 bridgehead atoms. The van der Waals surface area contributed by atoms with Gasteiger partial charge in [-0.1, -0.05) is 60.8 Å². The third-order valence-corrected chi connectivity index (χ3v) is 6.11. The van der Waals surface area contributed by atoms with Crippen molar-refractivity contribution in [3.8, 4) is 0 Å². The molecule has 1 aromatic heterocycles. The molecule has 0 aliphatic heterocycles. The molecule has 0 saturated heterocycles. The van der Waals surface area contributed by atoms with Crippen molar-refractivity contribution in [3.05, 3.63) is 65.1 Å². The number of para-hydroxylation sites is 1. The van der Waals surface area contributed by atoms with E-state index < -0.39 is 5.25 Å². The third kappa shape index (κ3) is 5.08. The highest BCUT2D eigenvalue weighted by Crippen LogP contribution is 2.33. The summed E-state index contributed by atoms with van der Waals surface area (Å²) in [6, 6.07) is 17.7. The Labute approximate surface area is 172 Å². The van der Waals surface area contributed by atoms with Crippen molar-refractivity contribution in [2.45, 2.75) is 47.0 Å². The van der Waals surface area contributed by atoms with Gasteiger partial charge in [0.1, 0.15) is 0 Å². The van der Waals surface area contributed by atoms with Crippen LogP contribution < -0.4 is 11.0 Å². The minimum atomic E-state index is -0.402. The van der Waals surface area contributed by atoms with Crippen molar-refractivity contribution in [3.63, 3.8) is 0 Å². The minimum absolute atomic E-state index is 0.135. The van der Waals surface area contributed by atoms with Gasteiger partial charge in [-0.3, -0.25) is 9.36 Å². The van der Waals surface area contributed by atoms with Gasteiger partial charge in [0.25, 0.3) is 0 Å². The molecule has 3 rings (SSSR count). The van der Waals surface area contributed by atoms with Gasteiger partial charge in [0.05, 0.1) is 10.9 Å². The van der Waals surface area contributed by atoms with E-state index >= 15 is 0 Å². The van der Waals surface area contributed by atoms with Crippen molar-refractivity contribution in [2.75, 3.05) is 5.32 Å². The van der Waals surface area contributed by atoms with Gasteiger partial charge >= 0.3 is 5.69 Å². The number of hydrogen-bond acceptors (Lipinski definition) is 5. The highest BCUT2D eigenvalue weighted by atomic mass is 32.2. The Morgan fingerprint density at radius 2 is 1.89 bits per heavy atom. The number of carbonyl (C=O) groups is 1. The molecule has 2 N–H and O–H groups in total. The Morgan fingerprint density at radius 1 is 1.18 bits per heavy atom. The SMILES string of the molecule is CCCn1c(S[C@H](C)C(=O)Nc2ccccc2Sc2ccccc2)n[nH]c1=O. The average Bonchev–Trinajstić information content (AvgIpc) is 3.04. The van der Waals surface area contributed by atoms with Crippen LogP contribution in [0.1, 0.15) is 20.3 Å². The smallest absolute Gasteiger partial charge is 0.324 e. The molecule has 6 nitrogen and oxygen atoms in total. The number of aromatic amines is 1. The number of carbonyl (C=O) groups excluding carboxylic acids is 1. The fourth-order valence-electron chi connectivity index (χ4n) is 2.53. The first-order valence-electron chi connectivity index (χ1n) is 9.03. The highest BCUT2D eigenvalue weighted by Gasteiger charge is 2.20. The zero-order valence-electron chi connectivity index (χ0n) is 15.7. The molecule has 1 atom stereocenters. The van der Waals surface area contributed by atoms with Crippen LogP contribution in [-0.4, -0.2) is 25.9 Å². The Kier molecular flexibility index (Phi) is 7.00. The molecule has 0 radical (unpaired) electrons. The molecule has 0 fully saturated rings. The standard InChI is InChI=1S/C20H22N4O2S2/c1-3-13-24-19(26)22-23-20(24)27-14(2)18(25)21-16-11-7-8-12-17(16)28-15-9-5-4-6-10-15/h4-12,14H,3,13H2,1-2H3,(H,21,25)(H,22,26)/t14-/m1/s1. The summed E-state index contributed by atoms with van der Waals surface area (Å²) >= 11 is 2.87. The number of anilines is 1. The van der Waals surface area contributed by atoms with Crippen molar-refractivity contribution in [1.29, 1.82) is 0 Å². The zero-order valence-corrected chi connectivity index (χ0v) is 17.3. The topological polar surface area (TPSA) is 79.8 Å². The van der Waals surface area contributed by atoms with Crippen LogP contribution in [0.4, 0.5) is 5.69 Å². The van der Waals surface area contributed by atoms with Crippen LogP contribution in [0.25, 0.3) is 0 Å². The summed E-state index contributed by atoms with van der Waals surface area (Å²) in [6.07, 6.45) is 0.817. The molecule has 28 heavy (non-hydrogen) atoms. The fourth-order valence-corrected chi connectivity index (χ4v) is 4.34. The van der Waals surface area contributed by atoms with Gasteiger partial charge in [-0.2, -0.15) is 0 Å². The number of amides is 1. The van der Waals surface area contributed by atoms with E-state index in [0.717, 1.165) is 21.9 Å². The summed E-state index contributed by atoms with van der Waals surface area (Å²) in [5, 5.41) is 9.63. The first-order valence-corrected chi connectivity index (χ1v) is 10.7. The van der Waals surface area contributed by atoms with Gasteiger partial charge in [0.2, 0.25) is 5.91 Å². The Morgan fingerprint density at radius 3 is 2.64 bits per heavy atom. The van der Waals surface area contributed by atoms with Gasteiger partial charge in [-0.25, -0.2) is 9.89 Å². The maximum absolute atomic E-state index is 12.7. The van der Waals surface area contributed by atoms with Crippen molar-refractivity contribution in [2.24, 2.45) is 0 Å². The summed E-state index contributed by atoms with van der Waals surface area (Å²) in [5.74, 6) is -0.135. The predicted molar refractivity (Wildman–Crippen MR) is 114 cm³/mol. The monoisotopic (exact) mass is 414 g/mol. The molecule has 8 heteroatoms. The minimum Gasteiger partial charge on any atom is -0.324 e. The lowest BCUT2D eigenvalue weighted by Crippen LogP contribution is -2.24. The van der Waals surface area contributed by atoms with E-state index in [1.54, 1.807) is 16.3 Å². The Balaban J connectivity index is 1.70. The summed E-state index contributed by atoms with van der Waals surface area (Å²) in [6.45, 7) is 4.37. The van der Waals surface area contributed by atoms with E-state index in [4.69, 9.17) is 0 Å². The van der Waals surface area contributed by atoms with Crippen LogP contribution in [-0.2, 0) is 11.3 Å². The van der Waals surface area contributed by atoms with E-state index in [-0.39, 0.29) is 11.6 Å². The second-order valence-corrected chi connectivity index (χ2v) is 8.55. The number of benzene rings is 2. The average molecular weight is 415 g/mol. The van der Waals surface area contributed by atoms with E-state index in [1.807, 2.05) is 68.4 Å². The Hall–Kier alpha value is -2.45. The van der Waals surface area contributed by atoms with Gasteiger partial charge in [-0.15, -0.1) is 5.10 Å². The predicted octanol–water partition coefficient (Wildman–Crippen LogP) is 4.25. The second-order valence-electron chi connectivity index (χ2n) is 6.12. The molecular weight excluding hydrogens is 392 g/mol. The molecule has 2 aromatic carbocycles. The van der Waals surface area contributed by atoms with Crippen LogP contribution in [0.5, 0.6) is 0 Å². The molecule has 146 valence electrons. The molecule has 1 amide bonds. The van der Waals surface area contributed by atoms with Crippen molar-refractivity contribution < 1.29 is 4.79 Å². The number of aromatic nitrogens is 3.